The summed E-state index contributed by atoms with van der Waals surface area (Å²) < 4.78 is 8.00. The van der Waals surface area contributed by atoms with Crippen molar-refractivity contribution >= 4 is 17.5 Å². The van der Waals surface area contributed by atoms with Crippen molar-refractivity contribution in [2.24, 2.45) is 0 Å². The number of nitrogens with zero attached hydrogens (tertiary/aromatic N) is 4. The maximum absolute atomic E-state index is 5.98. The Morgan fingerprint density at radius 3 is 2.62 bits per heavy atom. The van der Waals surface area contributed by atoms with E-state index >= 15 is 0 Å². The van der Waals surface area contributed by atoms with E-state index in [9.17, 15) is 0 Å². The first-order valence-electron chi connectivity index (χ1n) is 8.60. The van der Waals surface area contributed by atoms with Crippen molar-refractivity contribution in [3.05, 3.63) is 66.4 Å². The maximum Gasteiger partial charge on any atom is 0.128 e. The van der Waals surface area contributed by atoms with Gasteiger partial charge in [0.05, 0.1) is 31.0 Å². The van der Waals surface area contributed by atoms with Crippen LogP contribution in [-0.4, -0.2) is 37.8 Å². The molecule has 0 aliphatic heterocycles. The van der Waals surface area contributed by atoms with Crippen LogP contribution in [0, 0.1) is 0 Å². The molecule has 0 saturated carbocycles. The SMILES string of the molecule is CCCCCOc1ccccc1/C(=C\SC)n1ccnc1.c1cn[nH]n1. The summed E-state index contributed by atoms with van der Waals surface area (Å²) in [6.07, 6.45) is 14.3. The molecule has 3 aromatic rings. The van der Waals surface area contributed by atoms with E-state index < -0.39 is 0 Å². The molecule has 2 aromatic heterocycles. The fourth-order valence-electron chi connectivity index (χ4n) is 2.28. The molecule has 138 valence electrons. The molecule has 0 aliphatic rings. The van der Waals surface area contributed by atoms with Crippen LogP contribution in [0.3, 0.4) is 0 Å². The molecule has 0 bridgehead atoms. The fraction of sp³-hybridized carbons (Fsp3) is 0.316. The van der Waals surface area contributed by atoms with E-state index in [2.05, 4.69) is 45.0 Å². The smallest absolute Gasteiger partial charge is 0.128 e. The molecule has 0 amide bonds. The van der Waals surface area contributed by atoms with Gasteiger partial charge in [-0.2, -0.15) is 15.4 Å². The molecule has 1 N–H and O–H groups in total. The number of thioether (sulfide) groups is 1. The van der Waals surface area contributed by atoms with E-state index in [4.69, 9.17) is 4.74 Å². The highest BCUT2D eigenvalue weighted by Gasteiger charge is 2.10. The van der Waals surface area contributed by atoms with Gasteiger partial charge in [0.25, 0.3) is 0 Å². The summed E-state index contributed by atoms with van der Waals surface area (Å²) in [7, 11) is 0. The molecule has 7 heteroatoms. The molecule has 6 nitrogen and oxygen atoms in total. The molecule has 0 saturated heterocycles. The van der Waals surface area contributed by atoms with Crippen molar-refractivity contribution in [1.82, 2.24) is 25.0 Å². The highest BCUT2D eigenvalue weighted by molar-refractivity contribution is 8.01. The van der Waals surface area contributed by atoms with E-state index in [0.717, 1.165) is 30.0 Å². The van der Waals surface area contributed by atoms with E-state index in [1.807, 2.05) is 35.3 Å². The van der Waals surface area contributed by atoms with Crippen molar-refractivity contribution in [3.8, 4) is 5.75 Å². The van der Waals surface area contributed by atoms with E-state index in [1.165, 1.54) is 12.8 Å². The third kappa shape index (κ3) is 6.40. The van der Waals surface area contributed by atoms with Crippen LogP contribution in [0.5, 0.6) is 5.75 Å². The molecule has 26 heavy (non-hydrogen) atoms. The number of para-hydroxylation sites is 1. The van der Waals surface area contributed by atoms with Gasteiger partial charge in [-0.1, -0.05) is 31.9 Å². The zero-order valence-corrected chi connectivity index (χ0v) is 16.0. The first kappa shape index (κ1) is 19.8. The maximum atomic E-state index is 5.98. The second-order valence-electron chi connectivity index (χ2n) is 5.42. The Bertz CT molecular complexity index is 724. The van der Waals surface area contributed by atoms with Crippen LogP contribution in [0.1, 0.15) is 31.7 Å². The first-order chi connectivity index (χ1) is 12.9. The highest BCUT2D eigenvalue weighted by Crippen LogP contribution is 2.28. The van der Waals surface area contributed by atoms with Gasteiger partial charge in [-0.15, -0.1) is 11.8 Å². The van der Waals surface area contributed by atoms with E-state index in [-0.39, 0.29) is 0 Å². The number of imidazole rings is 1. The van der Waals surface area contributed by atoms with Gasteiger partial charge < -0.3 is 9.30 Å². The number of hydrogen-bond acceptors (Lipinski definition) is 5. The van der Waals surface area contributed by atoms with Gasteiger partial charge >= 0.3 is 0 Å². The van der Waals surface area contributed by atoms with Crippen LogP contribution >= 0.6 is 11.8 Å². The number of benzene rings is 1. The lowest BCUT2D eigenvalue weighted by atomic mass is 10.1. The molecule has 2 heterocycles. The third-order valence-corrected chi connectivity index (χ3v) is 3.97. The van der Waals surface area contributed by atoms with Gasteiger partial charge in [-0.25, -0.2) is 4.98 Å². The zero-order chi connectivity index (χ0) is 18.5. The quantitative estimate of drug-likeness (QED) is 0.592. The lowest BCUT2D eigenvalue weighted by Gasteiger charge is -2.14. The Balaban J connectivity index is 0.000000417. The van der Waals surface area contributed by atoms with Crippen molar-refractivity contribution < 1.29 is 4.74 Å². The van der Waals surface area contributed by atoms with Crippen LogP contribution in [0.4, 0.5) is 0 Å². The Morgan fingerprint density at radius 2 is 2.00 bits per heavy atom. The molecule has 0 atom stereocenters. The Kier molecular flexibility index (Phi) is 9.07. The fourth-order valence-corrected chi connectivity index (χ4v) is 2.75. The number of unbranched alkanes of at least 4 members (excludes halogenated alkanes) is 2. The minimum absolute atomic E-state index is 0.765. The van der Waals surface area contributed by atoms with Crippen molar-refractivity contribution in [1.29, 1.82) is 0 Å². The summed E-state index contributed by atoms with van der Waals surface area (Å²) in [6.45, 7) is 2.97. The minimum atomic E-state index is 0.765. The molecule has 0 radical (unpaired) electrons. The number of aromatic nitrogens is 5. The monoisotopic (exact) mass is 371 g/mol. The van der Waals surface area contributed by atoms with E-state index in [1.54, 1.807) is 30.4 Å². The number of nitrogens with one attached hydrogen (secondary N) is 1. The minimum Gasteiger partial charge on any atom is -0.493 e. The molecule has 0 spiro atoms. The predicted octanol–water partition coefficient (Wildman–Crippen LogP) is 4.47. The van der Waals surface area contributed by atoms with Crippen LogP contribution in [-0.2, 0) is 0 Å². The normalized spacial score (nSPS) is 10.9. The van der Waals surface area contributed by atoms with Crippen LogP contribution in [0.25, 0.3) is 5.70 Å². The number of hydrogen-bond donors (Lipinski definition) is 1. The van der Waals surface area contributed by atoms with Gasteiger partial charge in [-0.05, 0) is 30.2 Å². The molecular formula is C19H25N5OS. The number of H-pyrrole nitrogens is 1. The standard InChI is InChI=1S/C17H22N2OS.C2H3N3/c1-3-4-7-12-20-17-9-6-5-8-15(17)16(13-21-2)19-11-10-18-14-19;1-2-4-5-3-1/h5-6,8-11,13-14H,3-4,7,12H2,1-2H3;1-2H,(H,3,4,5)/b16-13+;. The van der Waals surface area contributed by atoms with Gasteiger partial charge in [0.15, 0.2) is 0 Å². The Hall–Kier alpha value is -2.54. The highest BCUT2D eigenvalue weighted by atomic mass is 32.2. The molecule has 3 rings (SSSR count). The van der Waals surface area contributed by atoms with E-state index in [0.29, 0.717) is 0 Å². The van der Waals surface area contributed by atoms with Gasteiger partial charge in [-0.3, -0.25) is 0 Å². The second-order valence-corrected chi connectivity index (χ2v) is 6.12. The molecule has 0 aliphatic carbocycles. The molecule has 0 fully saturated rings. The summed E-state index contributed by atoms with van der Waals surface area (Å²) in [4.78, 5) is 4.14. The molecule has 0 unspecified atom stereocenters. The summed E-state index contributed by atoms with van der Waals surface area (Å²) >= 11 is 1.68. The Morgan fingerprint density at radius 1 is 1.19 bits per heavy atom. The van der Waals surface area contributed by atoms with Crippen molar-refractivity contribution in [2.45, 2.75) is 26.2 Å². The largest absolute Gasteiger partial charge is 0.493 e. The van der Waals surface area contributed by atoms with Gasteiger partial charge in [0.2, 0.25) is 0 Å². The van der Waals surface area contributed by atoms with Crippen molar-refractivity contribution in [3.63, 3.8) is 0 Å². The second kappa shape index (κ2) is 11.9. The average Bonchev–Trinajstić information content (AvgIpc) is 3.40. The number of rotatable bonds is 8. The molecular weight excluding hydrogens is 346 g/mol. The summed E-state index contributed by atoms with van der Waals surface area (Å²) in [5.74, 6) is 0.933. The van der Waals surface area contributed by atoms with Crippen molar-refractivity contribution in [2.75, 3.05) is 12.9 Å². The van der Waals surface area contributed by atoms with Crippen LogP contribution < -0.4 is 4.74 Å². The number of aromatic amines is 1. The lowest BCUT2D eigenvalue weighted by molar-refractivity contribution is 0.305. The van der Waals surface area contributed by atoms with Crippen LogP contribution in [0.15, 0.2) is 60.8 Å². The number of ether oxygens (including phenoxy) is 1. The summed E-state index contributed by atoms with van der Waals surface area (Å²) in [5.41, 5.74) is 2.19. The summed E-state index contributed by atoms with van der Waals surface area (Å²) in [6, 6.07) is 8.19. The summed E-state index contributed by atoms with van der Waals surface area (Å²) in [5, 5.41) is 11.5. The molecule has 1 aromatic carbocycles. The predicted molar refractivity (Wildman–Crippen MR) is 107 cm³/mol. The van der Waals surface area contributed by atoms with Gasteiger partial charge in [0.1, 0.15) is 5.75 Å². The van der Waals surface area contributed by atoms with Crippen LogP contribution in [0.2, 0.25) is 0 Å². The van der Waals surface area contributed by atoms with Gasteiger partial charge in [0, 0.05) is 18.0 Å². The Labute approximate surface area is 158 Å². The third-order valence-electron chi connectivity index (χ3n) is 3.51. The lowest BCUT2D eigenvalue weighted by Crippen LogP contribution is -2.03. The zero-order valence-electron chi connectivity index (χ0n) is 15.2. The topological polar surface area (TPSA) is 68.6 Å². The first-order valence-corrected chi connectivity index (χ1v) is 9.88. The average molecular weight is 372 g/mol.